The quantitative estimate of drug-likeness (QED) is 0.464. The molecular formula is C12H24N+. The van der Waals surface area contributed by atoms with Crippen molar-refractivity contribution in [2.45, 2.75) is 20.3 Å². The van der Waals surface area contributed by atoms with Crippen LogP contribution in [0.25, 0.3) is 0 Å². The summed E-state index contributed by atoms with van der Waals surface area (Å²) >= 11 is 0. The maximum Gasteiger partial charge on any atom is 0.131 e. The molecule has 0 saturated heterocycles. The highest BCUT2D eigenvalue weighted by molar-refractivity contribution is 5.14. The Kier molecular flexibility index (Phi) is 8.83. The van der Waals surface area contributed by atoms with Gasteiger partial charge in [0, 0.05) is 0 Å². The van der Waals surface area contributed by atoms with Crippen molar-refractivity contribution >= 4 is 0 Å². The van der Waals surface area contributed by atoms with Gasteiger partial charge in [-0.1, -0.05) is 39.5 Å². The first-order valence-electron chi connectivity index (χ1n) is 4.71. The average Bonchev–Trinajstić information content (AvgIpc) is 1.99. The van der Waals surface area contributed by atoms with E-state index in [1.54, 1.807) is 6.08 Å². The van der Waals surface area contributed by atoms with Crippen LogP contribution in [0.4, 0.5) is 0 Å². The summed E-state index contributed by atoms with van der Waals surface area (Å²) in [4.78, 5) is 0. The lowest BCUT2D eigenvalue weighted by Gasteiger charge is -2.23. The Balaban J connectivity index is 0. The van der Waals surface area contributed by atoms with Gasteiger partial charge in [-0.15, -0.1) is 0 Å². The Hall–Kier alpha value is -0.820. The number of hydrogen-bond donors (Lipinski definition) is 0. The predicted molar refractivity (Wildman–Crippen MR) is 62.5 cm³/mol. The molecule has 0 atom stereocenters. The van der Waals surface area contributed by atoms with Crippen LogP contribution in [0.3, 0.4) is 0 Å². The molecule has 1 nitrogen and oxygen atoms in total. The molecule has 13 heavy (non-hydrogen) atoms. The largest absolute Gasteiger partial charge is 0.298 e. The maximum absolute atomic E-state index is 3.71. The molecule has 0 radical (unpaired) electrons. The normalized spacial score (nSPS) is 11.3. The van der Waals surface area contributed by atoms with Gasteiger partial charge in [0.1, 0.15) is 5.70 Å². The highest BCUT2D eigenvalue weighted by Crippen LogP contribution is 2.07. The molecular weight excluding hydrogens is 158 g/mol. The number of allylic oxidation sites excluding steroid dienone is 3. The Morgan fingerprint density at radius 3 is 1.62 bits per heavy atom. The van der Waals surface area contributed by atoms with E-state index in [2.05, 4.69) is 48.1 Å². The van der Waals surface area contributed by atoms with Gasteiger partial charge in [0.25, 0.3) is 0 Å². The molecule has 0 unspecified atom stereocenters. The van der Waals surface area contributed by atoms with Gasteiger partial charge in [-0.25, -0.2) is 0 Å². The zero-order valence-electron chi connectivity index (χ0n) is 9.80. The first-order valence-corrected chi connectivity index (χ1v) is 4.71. The van der Waals surface area contributed by atoms with E-state index < -0.39 is 0 Å². The van der Waals surface area contributed by atoms with Crippen molar-refractivity contribution in [1.82, 2.24) is 0 Å². The summed E-state index contributed by atoms with van der Waals surface area (Å²) < 4.78 is 0.787. The highest BCUT2D eigenvalue weighted by atomic mass is 15.3. The van der Waals surface area contributed by atoms with Gasteiger partial charge in [-0.2, -0.15) is 0 Å². The molecule has 1 heteroatoms. The van der Waals surface area contributed by atoms with Crippen molar-refractivity contribution in [2.75, 3.05) is 21.1 Å². The number of hydrogen-bond acceptors (Lipinski definition) is 0. The second kappa shape index (κ2) is 7.81. The Morgan fingerprint density at radius 2 is 1.54 bits per heavy atom. The predicted octanol–water partition coefficient (Wildman–Crippen LogP) is 3.36. The molecule has 0 rings (SSSR count). The van der Waals surface area contributed by atoms with E-state index in [0.717, 1.165) is 10.2 Å². The molecule has 0 aliphatic carbocycles. The minimum Gasteiger partial charge on any atom is -0.298 e. The number of nitrogens with zero attached hydrogens (tertiary/aromatic N) is 1. The van der Waals surface area contributed by atoms with Gasteiger partial charge < -0.3 is 0 Å². The topological polar surface area (TPSA) is 0 Å². The molecule has 0 aromatic rings. The third kappa shape index (κ3) is 9.09. The molecule has 76 valence electrons. The first kappa shape index (κ1) is 14.7. The summed E-state index contributed by atoms with van der Waals surface area (Å²) in [5.41, 5.74) is 1.16. The average molecular weight is 182 g/mol. The molecule has 0 bridgehead atoms. The van der Waals surface area contributed by atoms with Crippen LogP contribution in [0.1, 0.15) is 20.3 Å². The fourth-order valence-electron chi connectivity index (χ4n) is 0.686. The van der Waals surface area contributed by atoms with E-state index in [1.165, 1.54) is 6.42 Å². The van der Waals surface area contributed by atoms with Crippen molar-refractivity contribution in [3.05, 3.63) is 37.1 Å². The maximum atomic E-state index is 3.71. The van der Waals surface area contributed by atoms with E-state index in [4.69, 9.17) is 0 Å². The third-order valence-electron chi connectivity index (χ3n) is 1.27. The minimum absolute atomic E-state index is 0.787. The second-order valence-electron chi connectivity index (χ2n) is 3.75. The number of likely N-dealkylation sites (N-methyl/N-ethyl adjacent to an activating group) is 1. The zero-order valence-corrected chi connectivity index (χ0v) is 9.80. The Morgan fingerprint density at radius 1 is 1.15 bits per heavy atom. The SMILES string of the molecule is C=C/C=C(\C=C)[N+](C)(C)C.CCC. The van der Waals surface area contributed by atoms with Crippen LogP contribution in [-0.2, 0) is 0 Å². The standard InChI is InChI=1S/C9H16N.C3H8/c1-6-8-9(7-2)10(3,4)5;1-3-2/h6-8H,1-2H2,3-5H3;3H2,1-2H3/q+1;/b9-8+;. The molecule has 0 amide bonds. The smallest absolute Gasteiger partial charge is 0.131 e. The number of quaternary nitrogens is 1. The van der Waals surface area contributed by atoms with Crippen molar-refractivity contribution in [1.29, 1.82) is 0 Å². The van der Waals surface area contributed by atoms with Gasteiger partial charge in [0.15, 0.2) is 0 Å². The van der Waals surface area contributed by atoms with E-state index >= 15 is 0 Å². The Labute approximate surface area is 83.7 Å². The highest BCUT2D eigenvalue weighted by Gasteiger charge is 2.10. The van der Waals surface area contributed by atoms with E-state index in [-0.39, 0.29) is 0 Å². The summed E-state index contributed by atoms with van der Waals surface area (Å²) in [7, 11) is 6.28. The van der Waals surface area contributed by atoms with Crippen LogP contribution >= 0.6 is 0 Å². The van der Waals surface area contributed by atoms with Crippen LogP contribution in [0.2, 0.25) is 0 Å². The van der Waals surface area contributed by atoms with E-state index in [0.29, 0.717) is 0 Å². The van der Waals surface area contributed by atoms with Crippen LogP contribution in [0.5, 0.6) is 0 Å². The monoisotopic (exact) mass is 182 g/mol. The molecule has 0 fully saturated rings. The van der Waals surface area contributed by atoms with Gasteiger partial charge in [-0.05, 0) is 12.2 Å². The molecule has 0 aliphatic heterocycles. The number of rotatable bonds is 3. The van der Waals surface area contributed by atoms with E-state index in [1.807, 2.05) is 12.2 Å². The second-order valence-corrected chi connectivity index (χ2v) is 3.75. The molecule has 0 spiro atoms. The molecule has 0 heterocycles. The minimum atomic E-state index is 0.787. The Bertz CT molecular complexity index is 170. The van der Waals surface area contributed by atoms with Crippen LogP contribution in [0, 0.1) is 0 Å². The van der Waals surface area contributed by atoms with Crippen LogP contribution < -0.4 is 0 Å². The molecule has 0 N–H and O–H groups in total. The molecule has 0 aromatic carbocycles. The van der Waals surface area contributed by atoms with Crippen LogP contribution in [-0.4, -0.2) is 25.6 Å². The van der Waals surface area contributed by atoms with E-state index in [9.17, 15) is 0 Å². The van der Waals surface area contributed by atoms with Crippen molar-refractivity contribution < 1.29 is 4.48 Å². The molecule has 0 aromatic heterocycles. The lowest BCUT2D eigenvalue weighted by Crippen LogP contribution is -2.32. The molecule has 0 saturated carbocycles. The summed E-state index contributed by atoms with van der Waals surface area (Å²) in [5.74, 6) is 0. The zero-order chi connectivity index (χ0) is 10.9. The fraction of sp³-hybridized carbons (Fsp3) is 0.500. The summed E-state index contributed by atoms with van der Waals surface area (Å²) in [5, 5.41) is 0. The van der Waals surface area contributed by atoms with Crippen LogP contribution in [0.15, 0.2) is 37.1 Å². The van der Waals surface area contributed by atoms with Gasteiger partial charge in [0.05, 0.1) is 21.1 Å². The lowest BCUT2D eigenvalue weighted by atomic mass is 10.3. The van der Waals surface area contributed by atoms with Gasteiger partial charge in [-0.3, -0.25) is 4.48 Å². The first-order chi connectivity index (χ1) is 5.93. The van der Waals surface area contributed by atoms with Gasteiger partial charge >= 0.3 is 0 Å². The van der Waals surface area contributed by atoms with Gasteiger partial charge in [0.2, 0.25) is 0 Å². The fourth-order valence-corrected chi connectivity index (χ4v) is 0.686. The summed E-state index contributed by atoms with van der Waals surface area (Å²) in [6.07, 6.45) is 6.84. The van der Waals surface area contributed by atoms with Crippen molar-refractivity contribution in [3.63, 3.8) is 0 Å². The molecule has 0 aliphatic rings. The third-order valence-corrected chi connectivity index (χ3v) is 1.27. The summed E-state index contributed by atoms with van der Waals surface area (Å²) in [6, 6.07) is 0. The summed E-state index contributed by atoms with van der Waals surface area (Å²) in [6.45, 7) is 11.6. The van der Waals surface area contributed by atoms with Crippen molar-refractivity contribution in [2.24, 2.45) is 0 Å². The van der Waals surface area contributed by atoms with Crippen molar-refractivity contribution in [3.8, 4) is 0 Å². The lowest BCUT2D eigenvalue weighted by molar-refractivity contribution is -0.828.